The Morgan fingerprint density at radius 3 is 2.62 bits per heavy atom. The average Bonchev–Trinajstić information content (AvgIpc) is 2.17. The van der Waals surface area contributed by atoms with Crippen molar-refractivity contribution in [2.24, 2.45) is 0 Å². The Bertz CT molecular complexity index is 361. The van der Waals surface area contributed by atoms with Crippen LogP contribution in [0.5, 0.6) is 0 Å². The molecule has 0 bridgehead atoms. The van der Waals surface area contributed by atoms with Crippen LogP contribution in [0.4, 0.5) is 4.39 Å². The second-order valence-corrected chi connectivity index (χ2v) is 5.44. The van der Waals surface area contributed by atoms with Gasteiger partial charge in [-0.1, -0.05) is 12.1 Å². The molecule has 0 aromatic heterocycles. The van der Waals surface area contributed by atoms with E-state index in [1.54, 1.807) is 18.2 Å². The molecular formula is C12H16BrFO2. The van der Waals surface area contributed by atoms with Gasteiger partial charge in [-0.05, 0) is 42.8 Å². The first-order valence-corrected chi connectivity index (χ1v) is 5.86. The summed E-state index contributed by atoms with van der Waals surface area (Å²) in [6.07, 6.45) is -0.947. The summed E-state index contributed by atoms with van der Waals surface area (Å²) in [6, 6.07) is 4.83. The van der Waals surface area contributed by atoms with E-state index in [-0.39, 0.29) is 17.8 Å². The van der Waals surface area contributed by atoms with E-state index in [1.807, 2.05) is 20.8 Å². The molecule has 0 heterocycles. The van der Waals surface area contributed by atoms with Crippen LogP contribution >= 0.6 is 15.9 Å². The zero-order valence-corrected chi connectivity index (χ0v) is 11.2. The summed E-state index contributed by atoms with van der Waals surface area (Å²) >= 11 is 3.08. The van der Waals surface area contributed by atoms with Crippen molar-refractivity contribution in [1.82, 2.24) is 0 Å². The first kappa shape index (κ1) is 13.6. The molecule has 90 valence electrons. The third-order valence-electron chi connectivity index (χ3n) is 2.01. The molecule has 1 N–H and O–H groups in total. The number of hydrogen-bond acceptors (Lipinski definition) is 2. The number of halogens is 2. The molecule has 1 atom stereocenters. The van der Waals surface area contributed by atoms with Crippen molar-refractivity contribution in [3.63, 3.8) is 0 Å². The van der Waals surface area contributed by atoms with E-state index in [2.05, 4.69) is 15.9 Å². The molecule has 1 unspecified atom stereocenters. The normalized spacial score (nSPS) is 13.9. The number of benzene rings is 1. The van der Waals surface area contributed by atoms with Gasteiger partial charge in [0.25, 0.3) is 0 Å². The van der Waals surface area contributed by atoms with Crippen LogP contribution in [0.2, 0.25) is 0 Å². The third-order valence-corrected chi connectivity index (χ3v) is 2.63. The van der Waals surface area contributed by atoms with E-state index in [1.165, 1.54) is 0 Å². The molecule has 0 spiro atoms. The Balaban J connectivity index is 2.73. The highest BCUT2D eigenvalue weighted by atomic mass is 79.9. The predicted octanol–water partition coefficient (Wildman–Crippen LogP) is 3.44. The Morgan fingerprint density at radius 2 is 2.06 bits per heavy atom. The summed E-state index contributed by atoms with van der Waals surface area (Å²) in [7, 11) is 0. The number of ether oxygens (including phenoxy) is 1. The quantitative estimate of drug-likeness (QED) is 0.924. The van der Waals surface area contributed by atoms with Crippen LogP contribution in [0.1, 0.15) is 32.4 Å². The van der Waals surface area contributed by atoms with E-state index in [0.29, 0.717) is 4.47 Å². The van der Waals surface area contributed by atoms with Crippen molar-refractivity contribution in [1.29, 1.82) is 0 Å². The van der Waals surface area contributed by atoms with Crippen molar-refractivity contribution in [3.05, 3.63) is 34.1 Å². The van der Waals surface area contributed by atoms with Gasteiger partial charge < -0.3 is 9.84 Å². The SMILES string of the molecule is CC(C)(C)OCC(O)c1cccc(Br)c1F. The Kier molecular flexibility index (Phi) is 4.47. The molecule has 0 radical (unpaired) electrons. The first-order chi connectivity index (χ1) is 7.31. The van der Waals surface area contributed by atoms with E-state index in [4.69, 9.17) is 4.74 Å². The summed E-state index contributed by atoms with van der Waals surface area (Å²) < 4.78 is 19.4. The lowest BCUT2D eigenvalue weighted by Crippen LogP contribution is -2.23. The Labute approximate surface area is 104 Å². The van der Waals surface area contributed by atoms with E-state index in [9.17, 15) is 9.50 Å². The van der Waals surface area contributed by atoms with Crippen LogP contribution in [-0.4, -0.2) is 17.3 Å². The molecule has 2 nitrogen and oxygen atoms in total. The molecule has 0 saturated carbocycles. The standard InChI is InChI=1S/C12H16BrFO2/c1-12(2,3)16-7-10(15)8-5-4-6-9(13)11(8)14/h4-6,10,15H,7H2,1-3H3. The molecule has 0 amide bonds. The van der Waals surface area contributed by atoms with Gasteiger partial charge in [-0.2, -0.15) is 0 Å². The van der Waals surface area contributed by atoms with Gasteiger partial charge in [0.15, 0.2) is 0 Å². The maximum absolute atomic E-state index is 13.6. The lowest BCUT2D eigenvalue weighted by atomic mass is 10.1. The van der Waals surface area contributed by atoms with Crippen molar-refractivity contribution in [3.8, 4) is 0 Å². The van der Waals surface area contributed by atoms with Crippen molar-refractivity contribution < 1.29 is 14.2 Å². The van der Waals surface area contributed by atoms with Crippen LogP contribution in [0, 0.1) is 5.82 Å². The molecule has 16 heavy (non-hydrogen) atoms. The fourth-order valence-corrected chi connectivity index (χ4v) is 1.58. The summed E-state index contributed by atoms with van der Waals surface area (Å²) in [4.78, 5) is 0. The maximum atomic E-state index is 13.6. The Hall–Kier alpha value is -0.450. The van der Waals surface area contributed by atoms with Crippen LogP contribution in [0.3, 0.4) is 0 Å². The Morgan fingerprint density at radius 1 is 1.44 bits per heavy atom. The topological polar surface area (TPSA) is 29.5 Å². The molecule has 0 aliphatic rings. The molecule has 0 aliphatic carbocycles. The second-order valence-electron chi connectivity index (χ2n) is 4.58. The van der Waals surface area contributed by atoms with Crippen molar-refractivity contribution >= 4 is 15.9 Å². The summed E-state index contributed by atoms with van der Waals surface area (Å²) in [5.41, 5.74) is -0.0951. The fourth-order valence-electron chi connectivity index (χ4n) is 1.20. The highest BCUT2D eigenvalue weighted by Gasteiger charge is 2.18. The zero-order valence-electron chi connectivity index (χ0n) is 9.63. The molecule has 0 aliphatic heterocycles. The van der Waals surface area contributed by atoms with Crippen LogP contribution in [0.15, 0.2) is 22.7 Å². The molecular weight excluding hydrogens is 275 g/mol. The van der Waals surface area contributed by atoms with Gasteiger partial charge in [-0.15, -0.1) is 0 Å². The minimum absolute atomic E-state index is 0.0802. The molecule has 0 fully saturated rings. The number of rotatable bonds is 3. The van der Waals surface area contributed by atoms with Gasteiger partial charge in [0.05, 0.1) is 16.7 Å². The van der Waals surface area contributed by atoms with Gasteiger partial charge in [0, 0.05) is 5.56 Å². The van der Waals surface area contributed by atoms with Crippen LogP contribution < -0.4 is 0 Å². The fraction of sp³-hybridized carbons (Fsp3) is 0.500. The maximum Gasteiger partial charge on any atom is 0.143 e. The van der Waals surface area contributed by atoms with Crippen LogP contribution in [0.25, 0.3) is 0 Å². The first-order valence-electron chi connectivity index (χ1n) is 5.07. The molecule has 0 saturated heterocycles. The second kappa shape index (κ2) is 5.25. The van der Waals surface area contributed by atoms with Gasteiger partial charge in [-0.3, -0.25) is 0 Å². The predicted molar refractivity (Wildman–Crippen MR) is 64.8 cm³/mol. The molecule has 1 rings (SSSR count). The minimum atomic E-state index is -0.947. The summed E-state index contributed by atoms with van der Waals surface area (Å²) in [5.74, 6) is -0.437. The van der Waals surface area contributed by atoms with Gasteiger partial charge in [-0.25, -0.2) is 4.39 Å². The third kappa shape index (κ3) is 3.85. The van der Waals surface area contributed by atoms with Gasteiger partial charge in [0.2, 0.25) is 0 Å². The minimum Gasteiger partial charge on any atom is -0.386 e. The number of hydrogen-bond donors (Lipinski definition) is 1. The van der Waals surface area contributed by atoms with Crippen LogP contribution in [-0.2, 0) is 4.74 Å². The zero-order chi connectivity index (χ0) is 12.3. The summed E-state index contributed by atoms with van der Waals surface area (Å²) in [5, 5.41) is 9.80. The number of aliphatic hydroxyl groups excluding tert-OH is 1. The lowest BCUT2D eigenvalue weighted by Gasteiger charge is -2.22. The smallest absolute Gasteiger partial charge is 0.143 e. The highest BCUT2D eigenvalue weighted by molar-refractivity contribution is 9.10. The largest absolute Gasteiger partial charge is 0.386 e. The highest BCUT2D eigenvalue weighted by Crippen LogP contribution is 2.24. The van der Waals surface area contributed by atoms with E-state index in [0.717, 1.165) is 0 Å². The van der Waals surface area contributed by atoms with Crippen molar-refractivity contribution in [2.45, 2.75) is 32.5 Å². The molecule has 1 aromatic carbocycles. The van der Waals surface area contributed by atoms with Gasteiger partial charge >= 0.3 is 0 Å². The lowest BCUT2D eigenvalue weighted by molar-refractivity contribution is -0.0504. The van der Waals surface area contributed by atoms with Crippen molar-refractivity contribution in [2.75, 3.05) is 6.61 Å². The average molecular weight is 291 g/mol. The number of aliphatic hydroxyl groups is 1. The monoisotopic (exact) mass is 290 g/mol. The van der Waals surface area contributed by atoms with E-state index >= 15 is 0 Å². The molecule has 4 heteroatoms. The van der Waals surface area contributed by atoms with E-state index < -0.39 is 11.9 Å². The molecule has 1 aromatic rings. The van der Waals surface area contributed by atoms with Gasteiger partial charge in [0.1, 0.15) is 11.9 Å². The summed E-state index contributed by atoms with van der Waals surface area (Å²) in [6.45, 7) is 5.74.